The summed E-state index contributed by atoms with van der Waals surface area (Å²) in [5.74, 6) is 0. The second kappa shape index (κ2) is 12.2. The zero-order valence-electron chi connectivity index (χ0n) is 30.3. The molecule has 0 bridgehead atoms. The molecule has 0 aliphatic rings. The van der Waals surface area contributed by atoms with E-state index >= 15 is 0 Å². The van der Waals surface area contributed by atoms with Gasteiger partial charge in [-0.25, -0.2) is 0 Å². The summed E-state index contributed by atoms with van der Waals surface area (Å²) < 4.78 is 7.40. The van der Waals surface area contributed by atoms with Crippen molar-refractivity contribution in [3.8, 4) is 11.4 Å². The largest absolute Gasteiger partial charge is 0.310 e. The maximum Gasteiger partial charge on any atom is 0.0561 e. The van der Waals surface area contributed by atoms with E-state index in [0.717, 1.165) is 28.4 Å². The van der Waals surface area contributed by atoms with Crippen molar-refractivity contribution < 1.29 is 0 Å². The van der Waals surface area contributed by atoms with Crippen LogP contribution in [0.1, 0.15) is 0 Å². The third-order valence-corrected chi connectivity index (χ3v) is 12.6. The molecular weight excluding hydrogens is 699 g/mol. The number of anilines is 3. The molecule has 0 unspecified atom stereocenters. The Hall–Kier alpha value is -7.14. The van der Waals surface area contributed by atoms with Crippen LogP contribution in [-0.4, -0.2) is 9.13 Å². The average molecular weight is 732 g/mol. The Kier molecular flexibility index (Phi) is 6.80. The molecule has 0 saturated heterocycles. The van der Waals surface area contributed by atoms with E-state index in [1.165, 1.54) is 74.6 Å². The van der Waals surface area contributed by atoms with Crippen LogP contribution in [0.15, 0.2) is 200 Å². The van der Waals surface area contributed by atoms with Crippen LogP contribution in [0.3, 0.4) is 0 Å². The van der Waals surface area contributed by atoms with E-state index in [4.69, 9.17) is 0 Å². The summed E-state index contributed by atoms with van der Waals surface area (Å²) in [6.07, 6.45) is 0. The molecule has 4 heteroatoms. The first kappa shape index (κ1) is 31.2. The van der Waals surface area contributed by atoms with E-state index < -0.39 is 0 Å². The first-order valence-electron chi connectivity index (χ1n) is 19.1. The summed E-state index contributed by atoms with van der Waals surface area (Å²) in [4.78, 5) is 2.42. The molecule has 0 atom stereocenters. The molecule has 3 nitrogen and oxygen atoms in total. The topological polar surface area (TPSA) is 13.1 Å². The van der Waals surface area contributed by atoms with Gasteiger partial charge in [0.05, 0.1) is 22.1 Å². The van der Waals surface area contributed by atoms with Crippen LogP contribution in [0, 0.1) is 0 Å². The highest BCUT2D eigenvalue weighted by molar-refractivity contribution is 7.25. The Morgan fingerprint density at radius 2 is 0.804 bits per heavy atom. The molecule has 0 spiro atoms. The van der Waals surface area contributed by atoms with Gasteiger partial charge < -0.3 is 14.0 Å². The Labute approximate surface area is 327 Å². The number of thiophene rings is 1. The summed E-state index contributed by atoms with van der Waals surface area (Å²) in [6, 6.07) is 73.3. The third-order valence-electron chi connectivity index (χ3n) is 11.5. The van der Waals surface area contributed by atoms with Crippen molar-refractivity contribution >= 4 is 103 Å². The Morgan fingerprint density at radius 1 is 0.304 bits per heavy atom. The number of nitrogens with zero attached hydrogens (tertiary/aromatic N) is 3. The molecule has 9 aromatic carbocycles. The average Bonchev–Trinajstić information content (AvgIpc) is 3.90. The summed E-state index contributed by atoms with van der Waals surface area (Å²) in [5, 5.41) is 10.1. The summed E-state index contributed by atoms with van der Waals surface area (Å²) in [5.41, 5.74) is 10.4. The van der Waals surface area contributed by atoms with Gasteiger partial charge >= 0.3 is 0 Å². The van der Waals surface area contributed by atoms with Gasteiger partial charge in [-0.2, -0.15) is 0 Å². The molecule has 12 aromatic rings. The Balaban J connectivity index is 1.07. The number of fused-ring (bicyclic) bond motifs is 10. The van der Waals surface area contributed by atoms with E-state index in [9.17, 15) is 0 Å². The van der Waals surface area contributed by atoms with Gasteiger partial charge in [0.25, 0.3) is 0 Å². The fourth-order valence-corrected chi connectivity index (χ4v) is 10.1. The van der Waals surface area contributed by atoms with Gasteiger partial charge in [0.2, 0.25) is 0 Å². The van der Waals surface area contributed by atoms with Crippen molar-refractivity contribution in [1.29, 1.82) is 0 Å². The van der Waals surface area contributed by atoms with Gasteiger partial charge in [-0.1, -0.05) is 109 Å². The molecule has 0 aliphatic heterocycles. The molecule has 0 amide bonds. The number of benzene rings is 9. The van der Waals surface area contributed by atoms with E-state index in [2.05, 4.69) is 214 Å². The highest BCUT2D eigenvalue weighted by atomic mass is 32.1. The maximum absolute atomic E-state index is 2.42. The molecule has 0 fully saturated rings. The first-order valence-corrected chi connectivity index (χ1v) is 19.9. The minimum absolute atomic E-state index is 1.10. The van der Waals surface area contributed by atoms with Crippen LogP contribution in [0.4, 0.5) is 17.1 Å². The van der Waals surface area contributed by atoms with Crippen molar-refractivity contribution in [3.63, 3.8) is 0 Å². The van der Waals surface area contributed by atoms with Crippen molar-refractivity contribution in [2.24, 2.45) is 0 Å². The molecule has 0 N–H and O–H groups in total. The van der Waals surface area contributed by atoms with Gasteiger partial charge in [0, 0.05) is 70.2 Å². The first-order chi connectivity index (χ1) is 27.8. The van der Waals surface area contributed by atoms with Gasteiger partial charge in [0.1, 0.15) is 0 Å². The predicted octanol–water partition coefficient (Wildman–Crippen LogP) is 14.9. The van der Waals surface area contributed by atoms with Gasteiger partial charge in [-0.05, 0) is 102 Å². The van der Waals surface area contributed by atoms with Gasteiger partial charge in [0.15, 0.2) is 0 Å². The zero-order chi connectivity index (χ0) is 36.7. The van der Waals surface area contributed by atoms with E-state index in [0.29, 0.717) is 0 Å². The number of para-hydroxylation sites is 3. The molecule has 0 aliphatic carbocycles. The smallest absolute Gasteiger partial charge is 0.0561 e. The van der Waals surface area contributed by atoms with Crippen molar-refractivity contribution in [3.05, 3.63) is 200 Å². The number of rotatable bonds is 5. The molecule has 3 aromatic heterocycles. The lowest BCUT2D eigenvalue weighted by Gasteiger charge is -2.26. The highest BCUT2D eigenvalue weighted by Crippen LogP contribution is 2.43. The minimum Gasteiger partial charge on any atom is -0.310 e. The molecule has 56 heavy (non-hydrogen) atoms. The lowest BCUT2D eigenvalue weighted by molar-refractivity contribution is 1.17. The van der Waals surface area contributed by atoms with Crippen LogP contribution in [0.5, 0.6) is 0 Å². The summed E-state index contributed by atoms with van der Waals surface area (Å²) in [6.45, 7) is 0. The van der Waals surface area contributed by atoms with E-state index in [-0.39, 0.29) is 0 Å². The van der Waals surface area contributed by atoms with E-state index in [1.807, 2.05) is 11.3 Å². The fourth-order valence-electron chi connectivity index (χ4n) is 8.94. The lowest BCUT2D eigenvalue weighted by atomic mass is 10.1. The Morgan fingerprint density at radius 3 is 1.55 bits per heavy atom. The zero-order valence-corrected chi connectivity index (χ0v) is 31.1. The van der Waals surface area contributed by atoms with Crippen LogP contribution in [0.2, 0.25) is 0 Å². The molecular formula is C52H33N3S. The van der Waals surface area contributed by atoms with Crippen molar-refractivity contribution in [2.45, 2.75) is 0 Å². The molecule has 0 radical (unpaired) electrons. The normalized spacial score (nSPS) is 11.9. The lowest BCUT2D eigenvalue weighted by Crippen LogP contribution is -2.10. The summed E-state index contributed by atoms with van der Waals surface area (Å²) in [7, 11) is 0. The highest BCUT2D eigenvalue weighted by Gasteiger charge is 2.20. The molecule has 12 rings (SSSR count). The minimum atomic E-state index is 1.10. The SMILES string of the molecule is c1ccc(-n2c3ccccc3c3ccc(N(c4ccc(-n5c6ccccc6c6cc7ccccc7cc65)cc4)c4ccc5c(c4)sc4ccccc45)cc32)cc1. The van der Waals surface area contributed by atoms with Crippen molar-refractivity contribution in [1.82, 2.24) is 9.13 Å². The van der Waals surface area contributed by atoms with Gasteiger partial charge in [-0.15, -0.1) is 11.3 Å². The Bertz CT molecular complexity index is 3480. The number of hydrogen-bond acceptors (Lipinski definition) is 2. The molecule has 0 saturated carbocycles. The molecule has 262 valence electrons. The van der Waals surface area contributed by atoms with E-state index in [1.54, 1.807) is 0 Å². The predicted molar refractivity (Wildman–Crippen MR) is 240 cm³/mol. The standard InChI is InChI=1S/C52H33N3S/c1-2-14-36(15-3-1)54-47-19-9-6-16-41(47)43-28-26-39(32-50(43)54)53(40-27-29-45-44-18-8-11-21-51(44)56-52(45)33-40)37-22-24-38(25-23-37)55-48-20-10-7-17-42(48)46-30-34-12-4-5-13-35(34)31-49(46)55/h1-33H. The maximum atomic E-state index is 2.42. The monoisotopic (exact) mass is 731 g/mol. The van der Waals surface area contributed by atoms with Crippen LogP contribution >= 0.6 is 11.3 Å². The number of aromatic nitrogens is 2. The fraction of sp³-hybridized carbons (Fsp3) is 0. The quantitative estimate of drug-likeness (QED) is 0.172. The van der Waals surface area contributed by atoms with Crippen molar-refractivity contribution in [2.75, 3.05) is 4.90 Å². The van der Waals surface area contributed by atoms with Crippen LogP contribution in [0.25, 0.3) is 85.9 Å². The number of hydrogen-bond donors (Lipinski definition) is 0. The third kappa shape index (κ3) is 4.70. The summed E-state index contributed by atoms with van der Waals surface area (Å²) >= 11 is 1.86. The van der Waals surface area contributed by atoms with Gasteiger partial charge in [-0.3, -0.25) is 0 Å². The second-order valence-electron chi connectivity index (χ2n) is 14.6. The van der Waals surface area contributed by atoms with Crippen LogP contribution in [-0.2, 0) is 0 Å². The van der Waals surface area contributed by atoms with Crippen LogP contribution < -0.4 is 4.90 Å². The second-order valence-corrected chi connectivity index (χ2v) is 15.7. The molecule has 3 heterocycles.